The van der Waals surface area contributed by atoms with Crippen LogP contribution in [0.15, 0.2) is 47.5 Å². The molecule has 1 amide bonds. The van der Waals surface area contributed by atoms with Gasteiger partial charge in [0.25, 0.3) is 5.91 Å². The van der Waals surface area contributed by atoms with Crippen molar-refractivity contribution >= 4 is 17.9 Å². The van der Waals surface area contributed by atoms with Crippen molar-refractivity contribution < 1.29 is 28.2 Å². The van der Waals surface area contributed by atoms with Gasteiger partial charge < -0.3 is 15.5 Å². The maximum Gasteiger partial charge on any atom is 0.259 e. The first kappa shape index (κ1) is 22.6. The molecule has 1 aromatic heterocycles. The number of nitrogens with one attached hydrogen (secondary N) is 1. The summed E-state index contributed by atoms with van der Waals surface area (Å²) in [7, 11) is 0. The van der Waals surface area contributed by atoms with E-state index in [0.29, 0.717) is 22.3 Å². The highest BCUT2D eigenvalue weighted by atomic mass is 19.1. The van der Waals surface area contributed by atoms with E-state index >= 15 is 0 Å². The monoisotopic (exact) mass is 455 g/mol. The highest BCUT2D eigenvalue weighted by Gasteiger charge is 2.35. The second kappa shape index (κ2) is 9.13. The quantitative estimate of drug-likeness (QED) is 0.530. The van der Waals surface area contributed by atoms with Gasteiger partial charge in [0.15, 0.2) is 0 Å². The Morgan fingerprint density at radius 1 is 1.03 bits per heavy atom. The van der Waals surface area contributed by atoms with Crippen LogP contribution in [0, 0.1) is 24.4 Å². The molecule has 6 nitrogen and oxygen atoms in total. The first-order valence-corrected chi connectivity index (χ1v) is 10.2. The average molecular weight is 455 g/mol. The van der Waals surface area contributed by atoms with Gasteiger partial charge in [0, 0.05) is 17.3 Å². The zero-order valence-electron chi connectivity index (χ0n) is 17.5. The number of fused-ring (bicyclic) bond motifs is 1. The Morgan fingerprint density at radius 2 is 1.73 bits per heavy atom. The van der Waals surface area contributed by atoms with Crippen molar-refractivity contribution in [1.82, 2.24) is 4.98 Å². The van der Waals surface area contributed by atoms with Gasteiger partial charge in [-0.15, -0.1) is 0 Å². The molecular weight excluding hydrogens is 435 g/mol. The van der Waals surface area contributed by atoms with Crippen LogP contribution in [0.1, 0.15) is 28.3 Å². The predicted molar refractivity (Wildman–Crippen MR) is 117 cm³/mol. The number of anilines is 1. The van der Waals surface area contributed by atoms with Gasteiger partial charge in [-0.25, -0.2) is 23.1 Å². The predicted octanol–water partition coefficient (Wildman–Crippen LogP) is 3.33. The Balaban J connectivity index is 1.99. The van der Waals surface area contributed by atoms with Gasteiger partial charge >= 0.3 is 0 Å². The fourth-order valence-electron chi connectivity index (χ4n) is 3.88. The first-order valence-electron chi connectivity index (χ1n) is 10.2. The van der Waals surface area contributed by atoms with Crippen LogP contribution in [0.25, 0.3) is 11.1 Å². The van der Waals surface area contributed by atoms with Crippen molar-refractivity contribution in [3.05, 3.63) is 82.3 Å². The number of hydrogen-bond acceptors (Lipinski definition) is 5. The molecule has 3 aromatic rings. The Morgan fingerprint density at radius 3 is 2.36 bits per heavy atom. The Labute approximate surface area is 187 Å². The molecule has 0 radical (unpaired) electrons. The Bertz CT molecular complexity index is 1240. The molecule has 1 unspecified atom stereocenters. The summed E-state index contributed by atoms with van der Waals surface area (Å²) in [5.74, 6) is -4.36. The van der Waals surface area contributed by atoms with Crippen molar-refractivity contribution in [3.63, 3.8) is 0 Å². The highest BCUT2D eigenvalue weighted by molar-refractivity contribution is 6.06. The summed E-state index contributed by atoms with van der Waals surface area (Å²) in [6.07, 6.45) is 1.28. The molecule has 33 heavy (non-hydrogen) atoms. The van der Waals surface area contributed by atoms with Crippen LogP contribution in [0.4, 0.5) is 19.0 Å². The van der Waals surface area contributed by atoms with Gasteiger partial charge in [-0.3, -0.25) is 4.79 Å². The van der Waals surface area contributed by atoms with Crippen LogP contribution in [0.2, 0.25) is 0 Å². The van der Waals surface area contributed by atoms with E-state index in [1.165, 1.54) is 24.4 Å². The van der Waals surface area contributed by atoms with Crippen molar-refractivity contribution in [2.75, 3.05) is 18.5 Å². The third kappa shape index (κ3) is 4.24. The third-order valence-corrected chi connectivity index (χ3v) is 5.49. The molecule has 2 aromatic carbocycles. The normalized spacial score (nSPS) is 15.1. The molecule has 4 rings (SSSR count). The van der Waals surface area contributed by atoms with E-state index in [4.69, 9.17) is 0 Å². The van der Waals surface area contributed by atoms with Crippen LogP contribution in [-0.4, -0.2) is 46.6 Å². The number of amides is 1. The fraction of sp³-hybridized carbons (Fsp3) is 0.208. The topological polar surface area (TPSA) is 94.8 Å². The number of aliphatic hydroxyl groups excluding tert-OH is 2. The number of aryl methyl sites for hydroxylation is 1. The smallest absolute Gasteiger partial charge is 0.259 e. The van der Waals surface area contributed by atoms with Gasteiger partial charge in [-0.1, -0.05) is 12.1 Å². The second-order valence-electron chi connectivity index (χ2n) is 7.68. The van der Waals surface area contributed by atoms with Crippen LogP contribution >= 0.6 is 0 Å². The number of rotatable bonds is 6. The molecule has 0 saturated carbocycles. The molecule has 0 aliphatic carbocycles. The number of benzene rings is 2. The standard InChI is InChI=1S/C24H20F3N3O3/c1-12-7-13(25)5-6-15(12)16-8-20(29-14(10-31)11-32)30-23-17(16)9-28-24(33)22(23)21-18(26)3-2-4-19(21)27/h2-9,14,22,31-32H,10-11H2,1H3,(H,29,30). The molecule has 1 atom stereocenters. The second-order valence-corrected chi connectivity index (χ2v) is 7.68. The molecule has 0 spiro atoms. The lowest BCUT2D eigenvalue weighted by Crippen LogP contribution is -2.29. The summed E-state index contributed by atoms with van der Waals surface area (Å²) in [6, 6.07) is 8.25. The lowest BCUT2D eigenvalue weighted by atomic mass is 9.85. The van der Waals surface area contributed by atoms with E-state index in [9.17, 15) is 28.2 Å². The van der Waals surface area contributed by atoms with E-state index < -0.39 is 54.1 Å². The lowest BCUT2D eigenvalue weighted by Gasteiger charge is -2.25. The molecule has 0 bridgehead atoms. The number of halogens is 3. The minimum Gasteiger partial charge on any atom is -0.394 e. The maximum atomic E-state index is 14.7. The number of nitrogens with zero attached hydrogens (tertiary/aromatic N) is 2. The Hall–Kier alpha value is -3.56. The summed E-state index contributed by atoms with van der Waals surface area (Å²) in [6.45, 7) is 0.875. The average Bonchev–Trinajstić information content (AvgIpc) is 2.78. The van der Waals surface area contributed by atoms with E-state index in [1.54, 1.807) is 19.1 Å². The molecule has 170 valence electrons. The number of pyridine rings is 1. The van der Waals surface area contributed by atoms with Crippen LogP contribution in [-0.2, 0) is 4.79 Å². The SMILES string of the molecule is Cc1cc(F)ccc1-c1cc(NC(CO)CO)nc2c1C=NC(=O)C2c1c(F)cccc1F. The summed E-state index contributed by atoms with van der Waals surface area (Å²) >= 11 is 0. The zero-order valence-corrected chi connectivity index (χ0v) is 17.5. The van der Waals surface area contributed by atoms with E-state index in [2.05, 4.69) is 15.3 Å². The summed E-state index contributed by atoms with van der Waals surface area (Å²) in [5.41, 5.74) is 1.59. The van der Waals surface area contributed by atoms with Gasteiger partial charge in [-0.05, 0) is 53.9 Å². The lowest BCUT2D eigenvalue weighted by molar-refractivity contribution is -0.118. The summed E-state index contributed by atoms with van der Waals surface area (Å²) in [5, 5.41) is 21.8. The van der Waals surface area contributed by atoms with Crippen molar-refractivity contribution in [1.29, 1.82) is 0 Å². The van der Waals surface area contributed by atoms with Gasteiger partial charge in [0.2, 0.25) is 0 Å². The van der Waals surface area contributed by atoms with Crippen molar-refractivity contribution in [2.24, 2.45) is 4.99 Å². The molecule has 9 heteroatoms. The molecule has 1 aliphatic heterocycles. The first-order chi connectivity index (χ1) is 15.8. The minimum absolute atomic E-state index is 0.0531. The number of hydrogen-bond donors (Lipinski definition) is 3. The van der Waals surface area contributed by atoms with Crippen LogP contribution in [0.3, 0.4) is 0 Å². The molecule has 1 aliphatic rings. The largest absolute Gasteiger partial charge is 0.394 e. The number of aliphatic hydroxyl groups is 2. The minimum atomic E-state index is -1.45. The third-order valence-electron chi connectivity index (χ3n) is 5.49. The Kier molecular flexibility index (Phi) is 6.26. The zero-order chi connectivity index (χ0) is 23.7. The molecule has 2 heterocycles. The van der Waals surface area contributed by atoms with Crippen molar-refractivity contribution in [3.8, 4) is 11.1 Å². The maximum absolute atomic E-state index is 14.7. The van der Waals surface area contributed by atoms with Gasteiger partial charge in [0.1, 0.15) is 29.2 Å². The summed E-state index contributed by atoms with van der Waals surface area (Å²) in [4.78, 5) is 21.0. The molecule has 0 fully saturated rings. The van der Waals surface area contributed by atoms with Crippen molar-refractivity contribution in [2.45, 2.75) is 18.9 Å². The van der Waals surface area contributed by atoms with E-state index in [1.807, 2.05) is 0 Å². The summed E-state index contributed by atoms with van der Waals surface area (Å²) < 4.78 is 43.1. The fourth-order valence-corrected chi connectivity index (χ4v) is 3.88. The molecular formula is C24H20F3N3O3. The highest BCUT2D eigenvalue weighted by Crippen LogP contribution is 2.39. The van der Waals surface area contributed by atoms with Gasteiger partial charge in [0.05, 0.1) is 24.9 Å². The number of aromatic nitrogens is 1. The number of aliphatic imine (C=N–C) groups is 1. The van der Waals surface area contributed by atoms with Gasteiger partial charge in [-0.2, -0.15) is 0 Å². The molecule has 0 saturated heterocycles. The number of carbonyl (C=O) groups excluding carboxylic acids is 1. The van der Waals surface area contributed by atoms with E-state index in [0.717, 1.165) is 12.1 Å². The van der Waals surface area contributed by atoms with Crippen LogP contribution < -0.4 is 5.32 Å². The van der Waals surface area contributed by atoms with Crippen LogP contribution in [0.5, 0.6) is 0 Å². The van der Waals surface area contributed by atoms with E-state index in [-0.39, 0.29) is 11.5 Å². The molecule has 3 N–H and O–H groups in total. The number of carbonyl (C=O) groups is 1.